The molecule has 0 aromatic heterocycles. The summed E-state index contributed by atoms with van der Waals surface area (Å²) in [5, 5.41) is 21.2. The summed E-state index contributed by atoms with van der Waals surface area (Å²) in [6.07, 6.45) is 10.9. The number of cyclic esters (lactones) is 1. The molecule has 0 aromatic rings. The van der Waals surface area contributed by atoms with E-state index in [1.165, 1.54) is 32.6 Å². The molecule has 3 saturated carbocycles. The number of aliphatic hydroxyl groups is 2. The second-order valence-electron chi connectivity index (χ2n) is 14.3. The largest absolute Gasteiger partial charge is 0.461 e. The second-order valence-corrected chi connectivity index (χ2v) is 14.3. The van der Waals surface area contributed by atoms with Crippen molar-refractivity contribution in [1.29, 1.82) is 0 Å². The summed E-state index contributed by atoms with van der Waals surface area (Å²) in [6, 6.07) is 0. The molecule has 0 bridgehead atoms. The Morgan fingerprint density at radius 3 is 2.47 bits per heavy atom. The van der Waals surface area contributed by atoms with Crippen molar-refractivity contribution in [3.05, 3.63) is 23.3 Å². The number of hydrogen-bond acceptors (Lipinski definition) is 6. The topological polar surface area (TPSA) is 93.1 Å². The van der Waals surface area contributed by atoms with E-state index in [1.54, 1.807) is 0 Å². The van der Waals surface area contributed by atoms with Gasteiger partial charge in [0.1, 0.15) is 6.10 Å². The molecule has 1 heterocycles. The van der Waals surface area contributed by atoms with E-state index in [0.717, 1.165) is 12.8 Å². The van der Waals surface area contributed by atoms with Crippen LogP contribution in [0.3, 0.4) is 0 Å². The van der Waals surface area contributed by atoms with E-state index >= 15 is 0 Å². The third-order valence-corrected chi connectivity index (χ3v) is 12.4. The molecule has 0 saturated heterocycles. The SMILES string of the molecule is CCC(O)CC(=O)O[C@@H]1C[C@@H]2[C@@]3(C)CCC[C@](C)(CC)[C@@H]3CC[C@@]2(C)[C@@H]2C=CC3=C(C(=O)O[C@]3(C)O)[C@@]12C. The van der Waals surface area contributed by atoms with Gasteiger partial charge in [0.15, 0.2) is 0 Å². The summed E-state index contributed by atoms with van der Waals surface area (Å²) >= 11 is 0. The summed E-state index contributed by atoms with van der Waals surface area (Å²) in [7, 11) is 0. The lowest BCUT2D eigenvalue weighted by Gasteiger charge is -2.69. The average molecular weight is 529 g/mol. The van der Waals surface area contributed by atoms with Crippen LogP contribution in [0.2, 0.25) is 0 Å². The normalized spacial score (nSPS) is 48.4. The number of fused-ring (bicyclic) bond motifs is 6. The first-order chi connectivity index (χ1) is 17.7. The number of carbonyl (C=O) groups is 2. The minimum Gasteiger partial charge on any atom is -0.461 e. The maximum Gasteiger partial charge on any atom is 0.338 e. The molecule has 0 radical (unpaired) electrons. The second kappa shape index (κ2) is 8.92. The number of carbonyl (C=O) groups excluding carboxylic acids is 2. The van der Waals surface area contributed by atoms with E-state index in [9.17, 15) is 19.8 Å². The van der Waals surface area contributed by atoms with E-state index in [-0.39, 0.29) is 23.2 Å². The molecule has 1 aliphatic heterocycles. The molecule has 38 heavy (non-hydrogen) atoms. The summed E-state index contributed by atoms with van der Waals surface area (Å²) in [4.78, 5) is 26.5. The maximum atomic E-state index is 13.4. The number of esters is 2. The summed E-state index contributed by atoms with van der Waals surface area (Å²) < 4.78 is 11.8. The molecule has 1 unspecified atom stereocenters. The molecule has 6 heteroatoms. The Morgan fingerprint density at radius 1 is 1.11 bits per heavy atom. The van der Waals surface area contributed by atoms with Crippen molar-refractivity contribution in [2.75, 3.05) is 0 Å². The lowest BCUT2D eigenvalue weighted by atomic mass is 9.35. The van der Waals surface area contributed by atoms with Crippen LogP contribution in [0, 0.1) is 39.4 Å². The summed E-state index contributed by atoms with van der Waals surface area (Å²) in [5.74, 6) is -1.77. The smallest absolute Gasteiger partial charge is 0.338 e. The van der Waals surface area contributed by atoms with Crippen LogP contribution in [0.5, 0.6) is 0 Å². The van der Waals surface area contributed by atoms with Crippen LogP contribution in [0.25, 0.3) is 0 Å². The lowest BCUT2D eigenvalue weighted by molar-refractivity contribution is -0.218. The quantitative estimate of drug-likeness (QED) is 0.435. The van der Waals surface area contributed by atoms with Gasteiger partial charge in [0.2, 0.25) is 5.79 Å². The monoisotopic (exact) mass is 528 g/mol. The van der Waals surface area contributed by atoms with Crippen LogP contribution in [-0.2, 0) is 19.1 Å². The van der Waals surface area contributed by atoms with Gasteiger partial charge in [-0.15, -0.1) is 0 Å². The summed E-state index contributed by atoms with van der Waals surface area (Å²) in [6.45, 7) is 15.1. The highest BCUT2D eigenvalue weighted by Crippen LogP contribution is 2.73. The molecule has 3 fully saturated rings. The first-order valence-electron chi connectivity index (χ1n) is 14.9. The fourth-order valence-electron chi connectivity index (χ4n) is 10.2. The number of hydrogen-bond donors (Lipinski definition) is 2. The van der Waals surface area contributed by atoms with Crippen molar-refractivity contribution in [3.63, 3.8) is 0 Å². The molecule has 4 aliphatic carbocycles. The zero-order chi connectivity index (χ0) is 27.9. The van der Waals surface area contributed by atoms with E-state index in [2.05, 4.69) is 33.8 Å². The van der Waals surface area contributed by atoms with Crippen LogP contribution in [0.4, 0.5) is 0 Å². The van der Waals surface area contributed by atoms with E-state index < -0.39 is 35.3 Å². The average Bonchev–Trinajstić information content (AvgIpc) is 3.08. The Hall–Kier alpha value is -1.66. The molecule has 0 spiro atoms. The number of aliphatic hydroxyl groups excluding tert-OH is 1. The van der Waals surface area contributed by atoms with Gasteiger partial charge in [-0.1, -0.05) is 66.5 Å². The van der Waals surface area contributed by atoms with Crippen LogP contribution >= 0.6 is 0 Å². The number of rotatable bonds is 5. The van der Waals surface area contributed by atoms with E-state index in [4.69, 9.17) is 9.47 Å². The zero-order valence-electron chi connectivity index (χ0n) is 24.4. The van der Waals surface area contributed by atoms with Gasteiger partial charge in [0, 0.05) is 17.9 Å². The minimum absolute atomic E-state index is 0.0459. The van der Waals surface area contributed by atoms with Gasteiger partial charge in [0.25, 0.3) is 0 Å². The molecule has 5 aliphatic rings. The van der Waals surface area contributed by atoms with Crippen molar-refractivity contribution in [2.24, 2.45) is 39.4 Å². The molecule has 0 aromatic carbocycles. The first-order valence-corrected chi connectivity index (χ1v) is 14.9. The fourth-order valence-corrected chi connectivity index (χ4v) is 10.2. The standard InChI is InChI=1S/C32H48O6/c1-8-19(33)17-25(34)37-24-18-23-29(4)15-10-14-28(3,9-2)21(29)13-16-30(23,5)22-12-11-20-26(31(22,24)6)27(35)38-32(20,7)36/h11-12,19,21-24,33,36H,8-10,13-18H2,1-7H3/t19?,21-,22-,23+,24+,28-,29-,30-,31+,32-/m0/s1. The molecular formula is C32H48O6. The van der Waals surface area contributed by atoms with Crippen LogP contribution in [0.15, 0.2) is 23.3 Å². The zero-order valence-corrected chi connectivity index (χ0v) is 24.4. The Kier molecular flexibility index (Phi) is 6.55. The van der Waals surface area contributed by atoms with Crippen molar-refractivity contribution < 1.29 is 29.3 Å². The molecule has 2 N–H and O–H groups in total. The maximum absolute atomic E-state index is 13.4. The van der Waals surface area contributed by atoms with E-state index in [1.807, 2.05) is 19.9 Å². The van der Waals surface area contributed by atoms with Crippen LogP contribution < -0.4 is 0 Å². The van der Waals surface area contributed by atoms with Gasteiger partial charge in [-0.3, -0.25) is 4.79 Å². The van der Waals surface area contributed by atoms with Gasteiger partial charge < -0.3 is 19.7 Å². The first kappa shape index (κ1) is 27.9. The highest BCUT2D eigenvalue weighted by Gasteiger charge is 2.70. The number of ether oxygens (including phenoxy) is 2. The van der Waals surface area contributed by atoms with Gasteiger partial charge in [0.05, 0.1) is 18.1 Å². The Morgan fingerprint density at radius 2 is 1.82 bits per heavy atom. The van der Waals surface area contributed by atoms with Crippen molar-refractivity contribution in [2.45, 2.75) is 124 Å². The molecule has 212 valence electrons. The Labute approximate surface area is 228 Å². The predicted octanol–water partition coefficient (Wildman–Crippen LogP) is 5.86. The van der Waals surface area contributed by atoms with Gasteiger partial charge in [-0.2, -0.15) is 0 Å². The van der Waals surface area contributed by atoms with Crippen molar-refractivity contribution >= 4 is 11.9 Å². The van der Waals surface area contributed by atoms with E-state index in [0.29, 0.717) is 41.2 Å². The van der Waals surface area contributed by atoms with Crippen molar-refractivity contribution in [3.8, 4) is 0 Å². The highest BCUT2D eigenvalue weighted by atomic mass is 16.7. The molecule has 0 amide bonds. The van der Waals surface area contributed by atoms with Gasteiger partial charge in [-0.05, 0) is 72.5 Å². The molecule has 10 atom stereocenters. The molecular weight excluding hydrogens is 480 g/mol. The molecule has 5 rings (SSSR count). The Bertz CT molecular complexity index is 1070. The van der Waals surface area contributed by atoms with Crippen molar-refractivity contribution in [1.82, 2.24) is 0 Å². The number of allylic oxidation sites excluding steroid dienone is 1. The predicted molar refractivity (Wildman–Crippen MR) is 145 cm³/mol. The van der Waals surface area contributed by atoms with Crippen LogP contribution in [0.1, 0.15) is 106 Å². The molecule has 6 nitrogen and oxygen atoms in total. The third kappa shape index (κ3) is 3.72. The third-order valence-electron chi connectivity index (χ3n) is 12.4. The fraction of sp³-hybridized carbons (Fsp3) is 0.812. The van der Waals surface area contributed by atoms with Gasteiger partial charge in [-0.25, -0.2) is 4.79 Å². The minimum atomic E-state index is -1.70. The Balaban J connectivity index is 1.62. The highest BCUT2D eigenvalue weighted by molar-refractivity contribution is 5.96. The van der Waals surface area contributed by atoms with Gasteiger partial charge >= 0.3 is 11.9 Å². The summed E-state index contributed by atoms with van der Waals surface area (Å²) in [5.41, 5.74) is 0.424. The lowest BCUT2D eigenvalue weighted by Crippen LogP contribution is -2.65. The van der Waals surface area contributed by atoms with Crippen LogP contribution in [-0.4, -0.2) is 40.1 Å².